The van der Waals surface area contributed by atoms with Gasteiger partial charge in [-0.15, -0.1) is 0 Å². The fourth-order valence-corrected chi connectivity index (χ4v) is 3.47. The predicted molar refractivity (Wildman–Crippen MR) is 102 cm³/mol. The molecule has 2 fully saturated rings. The van der Waals surface area contributed by atoms with Crippen LogP contribution < -0.4 is 4.74 Å². The lowest BCUT2D eigenvalue weighted by atomic mass is 9.99. The molecule has 2 aliphatic rings. The first-order valence-corrected chi connectivity index (χ1v) is 9.48. The number of hydrogen-bond acceptors (Lipinski definition) is 7. The molecular formula is C22H24O7. The van der Waals surface area contributed by atoms with E-state index in [9.17, 15) is 4.79 Å². The summed E-state index contributed by atoms with van der Waals surface area (Å²) in [7, 11) is 3.09. The van der Waals surface area contributed by atoms with Crippen molar-refractivity contribution >= 4 is 5.78 Å². The second kappa shape index (κ2) is 9.02. The van der Waals surface area contributed by atoms with E-state index in [1.807, 2.05) is 54.6 Å². The zero-order valence-corrected chi connectivity index (χ0v) is 16.4. The number of fused-ring (bicyclic) bond motifs is 1. The maximum Gasteiger partial charge on any atom is 0.198 e. The van der Waals surface area contributed by atoms with Crippen molar-refractivity contribution in [2.75, 3.05) is 20.8 Å². The number of hydrogen-bond donors (Lipinski definition) is 0. The summed E-state index contributed by atoms with van der Waals surface area (Å²) in [6.07, 6.45) is -3.68. The minimum atomic E-state index is -0.879. The molecule has 0 radical (unpaired) electrons. The third kappa shape index (κ3) is 4.34. The summed E-state index contributed by atoms with van der Waals surface area (Å²) in [5.41, 5.74) is 1.76. The highest BCUT2D eigenvalue weighted by Gasteiger charge is 2.50. The molecule has 0 aliphatic carbocycles. The van der Waals surface area contributed by atoms with E-state index in [1.54, 1.807) is 7.11 Å². The minimum absolute atomic E-state index is 0.203. The number of ether oxygens (including phenoxy) is 6. The molecule has 0 aromatic heterocycles. The molecule has 5 atom stereocenters. The van der Waals surface area contributed by atoms with Gasteiger partial charge in [0.15, 0.2) is 30.6 Å². The van der Waals surface area contributed by atoms with E-state index < -0.39 is 30.9 Å². The SMILES string of the molecule is COc1ccc([C@@H]2OC[C@@H]3O[C@@H](OC)[C@@H](OCc4ccccc4)C(=O)[C@@H]3O2)cc1. The van der Waals surface area contributed by atoms with Gasteiger partial charge in [-0.05, 0) is 17.7 Å². The van der Waals surface area contributed by atoms with Gasteiger partial charge in [-0.25, -0.2) is 0 Å². The monoisotopic (exact) mass is 400 g/mol. The number of ketones is 1. The van der Waals surface area contributed by atoms with Crippen molar-refractivity contribution in [2.24, 2.45) is 0 Å². The molecule has 4 rings (SSSR count). The normalized spacial score (nSPS) is 29.3. The van der Waals surface area contributed by atoms with Gasteiger partial charge in [-0.3, -0.25) is 4.79 Å². The summed E-state index contributed by atoms with van der Waals surface area (Å²) in [4.78, 5) is 13.1. The number of methoxy groups -OCH3 is 2. The summed E-state index contributed by atoms with van der Waals surface area (Å²) in [5, 5.41) is 0. The van der Waals surface area contributed by atoms with E-state index in [4.69, 9.17) is 28.4 Å². The summed E-state index contributed by atoms with van der Waals surface area (Å²) >= 11 is 0. The molecule has 2 saturated heterocycles. The highest BCUT2D eigenvalue weighted by Crippen LogP contribution is 2.34. The maximum atomic E-state index is 13.1. The van der Waals surface area contributed by atoms with Crippen LogP contribution >= 0.6 is 0 Å². The molecule has 0 bridgehead atoms. The van der Waals surface area contributed by atoms with Crippen LogP contribution in [-0.2, 0) is 35.1 Å². The van der Waals surface area contributed by atoms with Gasteiger partial charge in [0.2, 0.25) is 0 Å². The molecule has 0 N–H and O–H groups in total. The number of benzene rings is 2. The molecule has 7 heteroatoms. The van der Waals surface area contributed by atoms with Crippen molar-refractivity contribution in [1.29, 1.82) is 0 Å². The molecule has 0 saturated carbocycles. The average molecular weight is 400 g/mol. The Morgan fingerprint density at radius 2 is 1.76 bits per heavy atom. The fourth-order valence-electron chi connectivity index (χ4n) is 3.47. The Kier molecular flexibility index (Phi) is 6.22. The smallest absolute Gasteiger partial charge is 0.198 e. The Morgan fingerprint density at radius 3 is 2.45 bits per heavy atom. The van der Waals surface area contributed by atoms with Crippen LogP contribution in [0.25, 0.3) is 0 Å². The third-order valence-corrected chi connectivity index (χ3v) is 5.03. The van der Waals surface area contributed by atoms with Crippen LogP contribution in [0.4, 0.5) is 0 Å². The van der Waals surface area contributed by atoms with Crippen molar-refractivity contribution in [1.82, 2.24) is 0 Å². The predicted octanol–water partition coefficient (Wildman–Crippen LogP) is 2.64. The Morgan fingerprint density at radius 1 is 1.00 bits per heavy atom. The Balaban J connectivity index is 1.46. The number of rotatable bonds is 6. The molecule has 0 spiro atoms. The molecule has 29 heavy (non-hydrogen) atoms. The summed E-state index contributed by atoms with van der Waals surface area (Å²) in [6.45, 7) is 0.495. The number of Topliss-reactive ketones (excluding diaryl/α,β-unsaturated/α-hetero) is 1. The first-order valence-electron chi connectivity index (χ1n) is 9.48. The summed E-state index contributed by atoms with van der Waals surface area (Å²) < 4.78 is 34.0. The Labute approximate surface area is 169 Å². The molecule has 0 amide bonds. The second-order valence-electron chi connectivity index (χ2n) is 6.89. The van der Waals surface area contributed by atoms with Gasteiger partial charge in [-0.2, -0.15) is 0 Å². The quantitative estimate of drug-likeness (QED) is 0.738. The first-order chi connectivity index (χ1) is 14.2. The Hall–Kier alpha value is -2.29. The van der Waals surface area contributed by atoms with Gasteiger partial charge in [0, 0.05) is 12.7 Å². The minimum Gasteiger partial charge on any atom is -0.497 e. The fraction of sp³-hybridized carbons (Fsp3) is 0.409. The Bertz CT molecular complexity index is 808. The van der Waals surface area contributed by atoms with E-state index in [2.05, 4.69) is 0 Å². The van der Waals surface area contributed by atoms with Gasteiger partial charge in [-0.1, -0.05) is 42.5 Å². The topological polar surface area (TPSA) is 72.5 Å². The third-order valence-electron chi connectivity index (χ3n) is 5.03. The number of carbonyl (C=O) groups is 1. The van der Waals surface area contributed by atoms with Crippen LogP contribution in [0.1, 0.15) is 17.4 Å². The van der Waals surface area contributed by atoms with Crippen molar-refractivity contribution in [2.45, 2.75) is 37.5 Å². The van der Waals surface area contributed by atoms with Gasteiger partial charge in [0.05, 0.1) is 20.3 Å². The van der Waals surface area contributed by atoms with Crippen molar-refractivity contribution < 1.29 is 33.2 Å². The number of carbonyl (C=O) groups excluding carboxylic acids is 1. The lowest BCUT2D eigenvalue weighted by Gasteiger charge is -2.43. The molecule has 2 aliphatic heterocycles. The second-order valence-corrected chi connectivity index (χ2v) is 6.89. The molecule has 0 unspecified atom stereocenters. The maximum absolute atomic E-state index is 13.1. The summed E-state index contributed by atoms with van der Waals surface area (Å²) in [5.74, 6) is 0.530. The summed E-state index contributed by atoms with van der Waals surface area (Å²) in [6, 6.07) is 17.0. The molecular weight excluding hydrogens is 376 g/mol. The van der Waals surface area contributed by atoms with Crippen molar-refractivity contribution in [3.63, 3.8) is 0 Å². The van der Waals surface area contributed by atoms with E-state index in [0.717, 1.165) is 16.9 Å². The van der Waals surface area contributed by atoms with Gasteiger partial charge < -0.3 is 28.4 Å². The average Bonchev–Trinajstić information content (AvgIpc) is 2.79. The lowest BCUT2D eigenvalue weighted by Crippen LogP contribution is -2.60. The van der Waals surface area contributed by atoms with Crippen LogP contribution in [-0.4, -0.2) is 51.2 Å². The zero-order chi connectivity index (χ0) is 20.2. The standard InChI is InChI=1S/C22H24O7/c1-24-16-10-8-15(9-11-16)21-27-13-17-19(29-21)18(23)20(22(25-2)28-17)26-12-14-6-4-3-5-7-14/h3-11,17,19-22H,12-13H2,1-2H3/t17-,19+,20-,21+,22+/m0/s1. The van der Waals surface area contributed by atoms with Gasteiger partial charge in [0.25, 0.3) is 0 Å². The molecule has 7 nitrogen and oxygen atoms in total. The first kappa shape index (κ1) is 20.0. The molecule has 154 valence electrons. The van der Waals surface area contributed by atoms with Gasteiger partial charge >= 0.3 is 0 Å². The molecule has 2 heterocycles. The largest absolute Gasteiger partial charge is 0.497 e. The highest BCUT2D eigenvalue weighted by atomic mass is 16.8. The van der Waals surface area contributed by atoms with Gasteiger partial charge in [0.1, 0.15) is 11.9 Å². The van der Waals surface area contributed by atoms with Crippen LogP contribution in [0.3, 0.4) is 0 Å². The van der Waals surface area contributed by atoms with E-state index >= 15 is 0 Å². The van der Waals surface area contributed by atoms with E-state index in [0.29, 0.717) is 0 Å². The van der Waals surface area contributed by atoms with Crippen LogP contribution in [0, 0.1) is 0 Å². The van der Waals surface area contributed by atoms with Crippen LogP contribution in [0.5, 0.6) is 5.75 Å². The molecule has 2 aromatic carbocycles. The van der Waals surface area contributed by atoms with E-state index in [1.165, 1.54) is 7.11 Å². The lowest BCUT2D eigenvalue weighted by molar-refractivity contribution is -0.318. The van der Waals surface area contributed by atoms with Crippen molar-refractivity contribution in [3.8, 4) is 5.75 Å². The van der Waals surface area contributed by atoms with E-state index in [-0.39, 0.29) is 19.0 Å². The molecule has 2 aromatic rings. The van der Waals surface area contributed by atoms with Crippen LogP contribution in [0.2, 0.25) is 0 Å². The van der Waals surface area contributed by atoms with Crippen LogP contribution in [0.15, 0.2) is 54.6 Å². The zero-order valence-electron chi connectivity index (χ0n) is 16.4. The highest BCUT2D eigenvalue weighted by molar-refractivity contribution is 5.89. The van der Waals surface area contributed by atoms with Crippen molar-refractivity contribution in [3.05, 3.63) is 65.7 Å².